The van der Waals surface area contributed by atoms with Gasteiger partial charge in [0.25, 0.3) is 0 Å². The van der Waals surface area contributed by atoms with Crippen molar-refractivity contribution in [2.45, 2.75) is 25.8 Å². The van der Waals surface area contributed by atoms with E-state index in [-0.39, 0.29) is 5.78 Å². The minimum absolute atomic E-state index is 0.0122. The first-order chi connectivity index (χ1) is 10.8. The van der Waals surface area contributed by atoms with E-state index in [1.807, 2.05) is 30.3 Å². The van der Waals surface area contributed by atoms with E-state index >= 15 is 0 Å². The normalized spacial score (nSPS) is 15.7. The SMILES string of the molecule is O=C(c1ccccc1Cl)c1ccccc1CN1CCCCC1. The number of benzene rings is 2. The van der Waals surface area contributed by atoms with Crippen molar-refractivity contribution in [3.05, 3.63) is 70.2 Å². The summed E-state index contributed by atoms with van der Waals surface area (Å²) in [5.41, 5.74) is 2.44. The van der Waals surface area contributed by atoms with Gasteiger partial charge in [-0.15, -0.1) is 0 Å². The summed E-state index contributed by atoms with van der Waals surface area (Å²) < 4.78 is 0. The van der Waals surface area contributed by atoms with Crippen LogP contribution in [0.1, 0.15) is 40.7 Å². The highest BCUT2D eigenvalue weighted by Gasteiger charge is 2.18. The van der Waals surface area contributed by atoms with Crippen LogP contribution in [0.25, 0.3) is 0 Å². The van der Waals surface area contributed by atoms with Crippen molar-refractivity contribution in [3.8, 4) is 0 Å². The van der Waals surface area contributed by atoms with Gasteiger partial charge in [-0.3, -0.25) is 9.69 Å². The molecule has 22 heavy (non-hydrogen) atoms. The summed E-state index contributed by atoms with van der Waals surface area (Å²) in [5.74, 6) is 0.0122. The van der Waals surface area contributed by atoms with Crippen LogP contribution >= 0.6 is 11.6 Å². The molecule has 0 atom stereocenters. The Kier molecular flexibility index (Phi) is 4.91. The molecule has 3 heteroatoms. The van der Waals surface area contributed by atoms with Gasteiger partial charge < -0.3 is 0 Å². The molecule has 2 aromatic carbocycles. The van der Waals surface area contributed by atoms with Gasteiger partial charge in [0, 0.05) is 17.7 Å². The zero-order chi connectivity index (χ0) is 15.4. The van der Waals surface area contributed by atoms with Crippen LogP contribution in [-0.4, -0.2) is 23.8 Å². The molecule has 2 aromatic rings. The Hall–Kier alpha value is -1.64. The van der Waals surface area contributed by atoms with Crippen LogP contribution in [0.2, 0.25) is 5.02 Å². The molecule has 0 N–H and O–H groups in total. The van der Waals surface area contributed by atoms with Gasteiger partial charge in [0.15, 0.2) is 5.78 Å². The highest BCUT2D eigenvalue weighted by Crippen LogP contribution is 2.22. The first-order valence-electron chi connectivity index (χ1n) is 7.85. The van der Waals surface area contributed by atoms with Gasteiger partial charge in [0.2, 0.25) is 0 Å². The molecule has 1 fully saturated rings. The minimum atomic E-state index is 0.0122. The summed E-state index contributed by atoms with van der Waals surface area (Å²) in [7, 11) is 0. The number of hydrogen-bond donors (Lipinski definition) is 0. The van der Waals surface area contributed by atoms with Crippen molar-refractivity contribution in [2.24, 2.45) is 0 Å². The number of carbonyl (C=O) groups is 1. The van der Waals surface area contributed by atoms with E-state index in [1.165, 1.54) is 19.3 Å². The summed E-state index contributed by atoms with van der Waals surface area (Å²) >= 11 is 6.18. The van der Waals surface area contributed by atoms with Crippen LogP contribution in [0, 0.1) is 0 Å². The van der Waals surface area contributed by atoms with Crippen LogP contribution in [0.15, 0.2) is 48.5 Å². The van der Waals surface area contributed by atoms with Crippen molar-refractivity contribution in [1.29, 1.82) is 0 Å². The molecule has 1 aliphatic rings. The molecule has 0 unspecified atom stereocenters. The summed E-state index contributed by atoms with van der Waals surface area (Å²) in [4.78, 5) is 15.3. The lowest BCUT2D eigenvalue weighted by atomic mass is 9.97. The maximum absolute atomic E-state index is 12.8. The van der Waals surface area contributed by atoms with Gasteiger partial charge in [-0.1, -0.05) is 54.4 Å². The van der Waals surface area contributed by atoms with E-state index in [0.717, 1.165) is 30.8 Å². The van der Waals surface area contributed by atoms with Crippen LogP contribution in [0.4, 0.5) is 0 Å². The van der Waals surface area contributed by atoms with Gasteiger partial charge >= 0.3 is 0 Å². The Bertz CT molecular complexity index is 662. The third-order valence-electron chi connectivity index (χ3n) is 4.22. The molecule has 3 rings (SSSR count). The second-order valence-corrected chi connectivity index (χ2v) is 6.21. The molecule has 1 aliphatic heterocycles. The maximum atomic E-state index is 12.8. The Morgan fingerprint density at radius 3 is 2.27 bits per heavy atom. The molecule has 1 heterocycles. The van der Waals surface area contributed by atoms with Crippen LogP contribution in [0.3, 0.4) is 0 Å². The Morgan fingerprint density at radius 2 is 1.55 bits per heavy atom. The molecule has 0 radical (unpaired) electrons. The quantitative estimate of drug-likeness (QED) is 0.771. The second kappa shape index (κ2) is 7.08. The Balaban J connectivity index is 1.87. The summed E-state index contributed by atoms with van der Waals surface area (Å²) in [6, 6.07) is 15.1. The Labute approximate surface area is 136 Å². The molecule has 0 spiro atoms. The average molecular weight is 314 g/mol. The van der Waals surface area contributed by atoms with Crippen LogP contribution < -0.4 is 0 Å². The fourth-order valence-corrected chi connectivity index (χ4v) is 3.25. The lowest BCUT2D eigenvalue weighted by Crippen LogP contribution is -2.29. The van der Waals surface area contributed by atoms with Gasteiger partial charge in [-0.2, -0.15) is 0 Å². The maximum Gasteiger partial charge on any atom is 0.194 e. The molecule has 1 saturated heterocycles. The van der Waals surface area contributed by atoms with Crippen molar-refractivity contribution < 1.29 is 4.79 Å². The molecule has 0 saturated carbocycles. The molecule has 0 bridgehead atoms. The van der Waals surface area contributed by atoms with E-state index in [0.29, 0.717) is 10.6 Å². The molecule has 2 nitrogen and oxygen atoms in total. The van der Waals surface area contributed by atoms with Gasteiger partial charge in [0.05, 0.1) is 5.02 Å². The summed E-state index contributed by atoms with van der Waals surface area (Å²) in [6.07, 6.45) is 3.82. The number of piperidine rings is 1. The molecule has 114 valence electrons. The number of halogens is 1. The number of likely N-dealkylation sites (tertiary alicyclic amines) is 1. The van der Waals surface area contributed by atoms with E-state index in [2.05, 4.69) is 11.0 Å². The van der Waals surface area contributed by atoms with Gasteiger partial charge in [-0.25, -0.2) is 0 Å². The molecule has 0 aromatic heterocycles. The zero-order valence-electron chi connectivity index (χ0n) is 12.6. The van der Waals surface area contributed by atoms with E-state index < -0.39 is 0 Å². The van der Waals surface area contributed by atoms with Crippen molar-refractivity contribution in [3.63, 3.8) is 0 Å². The van der Waals surface area contributed by atoms with Gasteiger partial charge in [0.1, 0.15) is 0 Å². The lowest BCUT2D eigenvalue weighted by molar-refractivity contribution is 0.103. The average Bonchev–Trinajstić information content (AvgIpc) is 2.56. The fraction of sp³-hybridized carbons (Fsp3) is 0.316. The first kappa shape index (κ1) is 15.3. The summed E-state index contributed by atoms with van der Waals surface area (Å²) in [5, 5.41) is 0.514. The largest absolute Gasteiger partial charge is 0.299 e. The molecule has 0 aliphatic carbocycles. The lowest BCUT2D eigenvalue weighted by Gasteiger charge is -2.27. The highest BCUT2D eigenvalue weighted by molar-refractivity contribution is 6.35. The van der Waals surface area contributed by atoms with Crippen molar-refractivity contribution in [2.75, 3.05) is 13.1 Å². The van der Waals surface area contributed by atoms with Crippen molar-refractivity contribution >= 4 is 17.4 Å². The standard InChI is InChI=1S/C19H20ClNO/c20-18-11-5-4-10-17(18)19(22)16-9-3-2-8-15(16)14-21-12-6-1-7-13-21/h2-5,8-11H,1,6-7,12-14H2. The van der Waals surface area contributed by atoms with E-state index in [1.54, 1.807) is 12.1 Å². The van der Waals surface area contributed by atoms with E-state index in [4.69, 9.17) is 11.6 Å². The number of ketones is 1. The smallest absolute Gasteiger partial charge is 0.194 e. The number of nitrogens with zero attached hydrogens (tertiary/aromatic N) is 1. The zero-order valence-corrected chi connectivity index (χ0v) is 13.4. The second-order valence-electron chi connectivity index (χ2n) is 5.80. The first-order valence-corrected chi connectivity index (χ1v) is 8.23. The van der Waals surface area contributed by atoms with E-state index in [9.17, 15) is 4.79 Å². The Morgan fingerprint density at radius 1 is 0.909 bits per heavy atom. The predicted octanol–water partition coefficient (Wildman–Crippen LogP) is 4.56. The number of carbonyl (C=O) groups excluding carboxylic acids is 1. The number of hydrogen-bond acceptors (Lipinski definition) is 2. The van der Waals surface area contributed by atoms with Gasteiger partial charge in [-0.05, 0) is 43.6 Å². The highest BCUT2D eigenvalue weighted by atomic mass is 35.5. The third kappa shape index (κ3) is 3.40. The summed E-state index contributed by atoms with van der Waals surface area (Å²) in [6.45, 7) is 3.08. The number of rotatable bonds is 4. The fourth-order valence-electron chi connectivity index (χ4n) is 3.03. The molecular weight excluding hydrogens is 294 g/mol. The van der Waals surface area contributed by atoms with Crippen LogP contribution in [-0.2, 0) is 6.54 Å². The molecule has 0 amide bonds. The predicted molar refractivity (Wildman–Crippen MR) is 90.5 cm³/mol. The van der Waals surface area contributed by atoms with Crippen molar-refractivity contribution in [1.82, 2.24) is 4.90 Å². The monoisotopic (exact) mass is 313 g/mol. The topological polar surface area (TPSA) is 20.3 Å². The minimum Gasteiger partial charge on any atom is -0.299 e. The third-order valence-corrected chi connectivity index (χ3v) is 4.55. The molecular formula is C19H20ClNO. The van der Waals surface area contributed by atoms with Crippen LogP contribution in [0.5, 0.6) is 0 Å².